The van der Waals surface area contributed by atoms with Gasteiger partial charge < -0.3 is 10.2 Å². The van der Waals surface area contributed by atoms with Crippen LogP contribution in [0, 0.1) is 5.92 Å². The Morgan fingerprint density at radius 3 is 2.95 bits per heavy atom. The first-order valence-electron chi connectivity index (χ1n) is 7.79. The maximum absolute atomic E-state index is 12.0. The fraction of sp³-hybridized carbons (Fsp3) is 0.412. The lowest BCUT2D eigenvalue weighted by Gasteiger charge is -2.16. The highest BCUT2D eigenvalue weighted by Crippen LogP contribution is 2.32. The van der Waals surface area contributed by atoms with Crippen molar-refractivity contribution in [3.8, 4) is 0 Å². The van der Waals surface area contributed by atoms with Crippen LogP contribution in [0.25, 0.3) is 10.9 Å². The van der Waals surface area contributed by atoms with Gasteiger partial charge in [-0.1, -0.05) is 11.6 Å². The van der Waals surface area contributed by atoms with Gasteiger partial charge in [-0.15, -0.1) is 0 Å². The fourth-order valence-corrected chi connectivity index (χ4v) is 3.31. The summed E-state index contributed by atoms with van der Waals surface area (Å²) in [6.45, 7) is 1.68. The van der Waals surface area contributed by atoms with Crippen LogP contribution < -0.4 is 5.32 Å². The van der Waals surface area contributed by atoms with Gasteiger partial charge in [0.2, 0.25) is 5.91 Å². The van der Waals surface area contributed by atoms with E-state index in [1.165, 1.54) is 12.8 Å². The number of benzene rings is 1. The second-order valence-electron chi connectivity index (χ2n) is 6.26. The van der Waals surface area contributed by atoms with Crippen LogP contribution in [0.4, 0.5) is 5.82 Å². The van der Waals surface area contributed by atoms with Crippen molar-refractivity contribution in [3.63, 3.8) is 0 Å². The lowest BCUT2D eigenvalue weighted by molar-refractivity contribution is -0.128. The smallest absolute Gasteiger partial charge is 0.223 e. The Morgan fingerprint density at radius 1 is 1.27 bits per heavy atom. The van der Waals surface area contributed by atoms with Crippen LogP contribution in [-0.2, 0) is 4.79 Å². The molecule has 1 aromatic carbocycles. The number of amides is 1. The molecule has 2 aromatic rings. The molecule has 1 aromatic heterocycles. The quantitative estimate of drug-likeness (QED) is 0.941. The maximum atomic E-state index is 12.0. The van der Waals surface area contributed by atoms with E-state index in [-0.39, 0.29) is 0 Å². The Kier molecular flexibility index (Phi) is 3.41. The molecule has 1 atom stereocenters. The standard InChI is InChI=1S/C17H18ClN3O/c18-13-2-5-15-12(8-13)1-6-16(20-15)19-9-11-7-17(22)21(10-11)14-3-4-14/h1-2,5-6,8,11,14H,3-4,7,9-10H2,(H,19,20). The highest BCUT2D eigenvalue weighted by Gasteiger charge is 2.39. The topological polar surface area (TPSA) is 45.2 Å². The van der Waals surface area contributed by atoms with Gasteiger partial charge in [-0.3, -0.25) is 4.79 Å². The zero-order valence-electron chi connectivity index (χ0n) is 12.3. The van der Waals surface area contributed by atoms with Crippen molar-refractivity contribution in [2.24, 2.45) is 5.92 Å². The molecule has 22 heavy (non-hydrogen) atoms. The van der Waals surface area contributed by atoms with Gasteiger partial charge in [0, 0.05) is 41.9 Å². The number of nitrogens with zero attached hydrogens (tertiary/aromatic N) is 2. The number of fused-ring (bicyclic) bond motifs is 1. The van der Waals surface area contributed by atoms with Crippen molar-refractivity contribution < 1.29 is 4.79 Å². The summed E-state index contributed by atoms with van der Waals surface area (Å²) in [6.07, 6.45) is 3.02. The van der Waals surface area contributed by atoms with Gasteiger partial charge in [-0.05, 0) is 43.2 Å². The number of likely N-dealkylation sites (tertiary alicyclic amines) is 1. The van der Waals surface area contributed by atoms with Crippen molar-refractivity contribution >= 4 is 34.2 Å². The number of hydrogen-bond donors (Lipinski definition) is 1. The second kappa shape index (κ2) is 5.43. The molecule has 2 fully saturated rings. The number of nitrogens with one attached hydrogen (secondary N) is 1. The number of halogens is 1. The van der Waals surface area contributed by atoms with Crippen LogP contribution in [-0.4, -0.2) is 34.9 Å². The molecule has 1 saturated carbocycles. The summed E-state index contributed by atoms with van der Waals surface area (Å²) in [5.74, 6) is 1.55. The van der Waals surface area contributed by atoms with E-state index in [9.17, 15) is 4.79 Å². The van der Waals surface area contributed by atoms with Crippen molar-refractivity contribution in [3.05, 3.63) is 35.4 Å². The Bertz CT molecular complexity index is 729. The van der Waals surface area contributed by atoms with Crippen LogP contribution in [0.3, 0.4) is 0 Å². The highest BCUT2D eigenvalue weighted by molar-refractivity contribution is 6.31. The fourth-order valence-electron chi connectivity index (χ4n) is 3.13. The molecule has 1 saturated heterocycles. The molecule has 2 heterocycles. The molecule has 1 aliphatic heterocycles. The molecule has 1 amide bonds. The number of aromatic nitrogens is 1. The van der Waals surface area contributed by atoms with Crippen molar-refractivity contribution in [2.45, 2.75) is 25.3 Å². The zero-order chi connectivity index (χ0) is 15.1. The third-order valence-electron chi connectivity index (χ3n) is 4.45. The third-order valence-corrected chi connectivity index (χ3v) is 4.68. The average molecular weight is 316 g/mol. The summed E-state index contributed by atoms with van der Waals surface area (Å²) < 4.78 is 0. The average Bonchev–Trinajstić information content (AvgIpc) is 3.28. The van der Waals surface area contributed by atoms with E-state index in [0.29, 0.717) is 24.3 Å². The minimum atomic E-state index is 0.315. The molecular weight excluding hydrogens is 298 g/mol. The molecule has 5 heteroatoms. The SMILES string of the molecule is O=C1CC(CNc2ccc3cc(Cl)ccc3n2)CN1C1CC1. The van der Waals surface area contributed by atoms with Crippen molar-refractivity contribution in [2.75, 3.05) is 18.4 Å². The van der Waals surface area contributed by atoms with Gasteiger partial charge in [-0.2, -0.15) is 0 Å². The van der Waals surface area contributed by atoms with Crippen LogP contribution in [0.2, 0.25) is 5.02 Å². The molecule has 1 N–H and O–H groups in total. The number of rotatable bonds is 4. The van der Waals surface area contributed by atoms with E-state index in [1.807, 2.05) is 30.3 Å². The van der Waals surface area contributed by atoms with Gasteiger partial charge in [0.05, 0.1) is 5.52 Å². The summed E-state index contributed by atoms with van der Waals surface area (Å²) in [6, 6.07) is 10.2. The molecule has 4 rings (SSSR count). The minimum absolute atomic E-state index is 0.315. The minimum Gasteiger partial charge on any atom is -0.370 e. The Hall–Kier alpha value is -1.81. The van der Waals surface area contributed by atoms with Crippen LogP contribution in [0.1, 0.15) is 19.3 Å². The summed E-state index contributed by atoms with van der Waals surface area (Å²) in [4.78, 5) is 18.6. The van der Waals surface area contributed by atoms with E-state index in [4.69, 9.17) is 11.6 Å². The Morgan fingerprint density at radius 2 is 2.14 bits per heavy atom. The Labute approximate surface area is 134 Å². The lowest BCUT2D eigenvalue weighted by atomic mass is 10.1. The van der Waals surface area contributed by atoms with Gasteiger partial charge in [0.25, 0.3) is 0 Å². The van der Waals surface area contributed by atoms with E-state index >= 15 is 0 Å². The predicted octanol–water partition coefficient (Wildman–Crippen LogP) is 3.31. The first-order valence-corrected chi connectivity index (χ1v) is 8.16. The van der Waals surface area contributed by atoms with Gasteiger partial charge in [0.1, 0.15) is 5.82 Å². The molecule has 1 unspecified atom stereocenters. The monoisotopic (exact) mass is 315 g/mol. The normalized spacial score (nSPS) is 21.6. The molecule has 1 aliphatic carbocycles. The highest BCUT2D eigenvalue weighted by atomic mass is 35.5. The van der Waals surface area contributed by atoms with Crippen LogP contribution in [0.5, 0.6) is 0 Å². The largest absolute Gasteiger partial charge is 0.370 e. The number of pyridine rings is 1. The van der Waals surface area contributed by atoms with E-state index in [1.54, 1.807) is 0 Å². The zero-order valence-corrected chi connectivity index (χ0v) is 13.0. The molecule has 114 valence electrons. The van der Waals surface area contributed by atoms with E-state index in [2.05, 4.69) is 15.2 Å². The predicted molar refractivity (Wildman–Crippen MR) is 88.1 cm³/mol. The Balaban J connectivity index is 1.41. The van der Waals surface area contributed by atoms with Crippen LogP contribution in [0.15, 0.2) is 30.3 Å². The van der Waals surface area contributed by atoms with Gasteiger partial charge in [-0.25, -0.2) is 4.98 Å². The van der Waals surface area contributed by atoms with Crippen molar-refractivity contribution in [1.82, 2.24) is 9.88 Å². The van der Waals surface area contributed by atoms with Gasteiger partial charge >= 0.3 is 0 Å². The second-order valence-corrected chi connectivity index (χ2v) is 6.70. The van der Waals surface area contributed by atoms with Crippen molar-refractivity contribution in [1.29, 1.82) is 0 Å². The molecule has 2 aliphatic rings. The van der Waals surface area contributed by atoms with Gasteiger partial charge in [0.15, 0.2) is 0 Å². The first-order chi connectivity index (χ1) is 10.7. The number of hydrogen-bond acceptors (Lipinski definition) is 3. The maximum Gasteiger partial charge on any atom is 0.223 e. The molecule has 0 spiro atoms. The number of carbonyl (C=O) groups excluding carboxylic acids is 1. The van der Waals surface area contributed by atoms with E-state index < -0.39 is 0 Å². The van der Waals surface area contributed by atoms with E-state index in [0.717, 1.165) is 34.8 Å². The summed E-state index contributed by atoms with van der Waals surface area (Å²) in [5, 5.41) is 5.13. The molecule has 4 nitrogen and oxygen atoms in total. The number of anilines is 1. The molecular formula is C17H18ClN3O. The summed E-state index contributed by atoms with van der Waals surface area (Å²) in [5.41, 5.74) is 0.927. The number of carbonyl (C=O) groups is 1. The summed E-state index contributed by atoms with van der Waals surface area (Å²) in [7, 11) is 0. The third kappa shape index (κ3) is 2.75. The first kappa shape index (κ1) is 13.8. The lowest BCUT2D eigenvalue weighted by Crippen LogP contribution is -2.28. The molecule has 0 bridgehead atoms. The summed E-state index contributed by atoms with van der Waals surface area (Å²) >= 11 is 5.98. The van der Waals surface area contributed by atoms with Crippen LogP contribution >= 0.6 is 11.6 Å². The molecule has 0 radical (unpaired) electrons.